The van der Waals surface area contributed by atoms with Crippen LogP contribution in [-0.4, -0.2) is 41.2 Å². The van der Waals surface area contributed by atoms with Gasteiger partial charge in [-0.3, -0.25) is 4.90 Å². The molecule has 0 radical (unpaired) electrons. The maximum atomic E-state index is 13.3. The standard InChI is InChI=1S/C23H20F4N4/c1-14-11-29-22(23(25,26)27)13-31(14)12-15-2-7-19-20(16-3-5-17(24)6-4-16)9-18(10-28)30-21(19)8-15/h2-9,14,22,29H,11-13H2,1H3/t14-,22?/m0/s1. The normalized spacial score (nSPS) is 20.0. The van der Waals surface area contributed by atoms with E-state index >= 15 is 0 Å². The van der Waals surface area contributed by atoms with Crippen LogP contribution in [0.25, 0.3) is 22.0 Å². The van der Waals surface area contributed by atoms with Crippen molar-refractivity contribution < 1.29 is 17.6 Å². The predicted molar refractivity (Wildman–Crippen MR) is 110 cm³/mol. The lowest BCUT2D eigenvalue weighted by atomic mass is 9.98. The molecule has 160 valence electrons. The first kappa shape index (κ1) is 21.2. The number of benzene rings is 2. The van der Waals surface area contributed by atoms with Crippen molar-refractivity contribution in [3.8, 4) is 17.2 Å². The van der Waals surface area contributed by atoms with Gasteiger partial charge < -0.3 is 5.32 Å². The molecule has 4 rings (SSSR count). The zero-order valence-electron chi connectivity index (χ0n) is 16.7. The van der Waals surface area contributed by atoms with E-state index < -0.39 is 12.2 Å². The van der Waals surface area contributed by atoms with E-state index in [0.717, 1.165) is 22.1 Å². The summed E-state index contributed by atoms with van der Waals surface area (Å²) in [4.78, 5) is 6.17. The second-order valence-electron chi connectivity index (χ2n) is 7.81. The summed E-state index contributed by atoms with van der Waals surface area (Å²) in [5.74, 6) is -0.354. The molecule has 1 aliphatic heterocycles. The number of alkyl halides is 3. The number of nitrogens with one attached hydrogen (secondary N) is 1. The molecule has 31 heavy (non-hydrogen) atoms. The summed E-state index contributed by atoms with van der Waals surface area (Å²) in [6.07, 6.45) is -4.30. The molecule has 0 spiro atoms. The van der Waals surface area contributed by atoms with Gasteiger partial charge in [0.2, 0.25) is 0 Å². The van der Waals surface area contributed by atoms with Gasteiger partial charge in [-0.25, -0.2) is 9.37 Å². The third kappa shape index (κ3) is 4.53. The quantitative estimate of drug-likeness (QED) is 0.618. The molecule has 8 heteroatoms. The van der Waals surface area contributed by atoms with Crippen molar-refractivity contribution in [2.45, 2.75) is 31.7 Å². The maximum absolute atomic E-state index is 13.3. The van der Waals surface area contributed by atoms with Gasteiger partial charge in [-0.15, -0.1) is 0 Å². The Balaban J connectivity index is 1.68. The van der Waals surface area contributed by atoms with E-state index in [9.17, 15) is 22.8 Å². The van der Waals surface area contributed by atoms with Crippen LogP contribution in [-0.2, 0) is 6.54 Å². The molecule has 2 aromatic carbocycles. The molecule has 2 heterocycles. The molecule has 4 nitrogen and oxygen atoms in total. The minimum atomic E-state index is -4.30. The van der Waals surface area contributed by atoms with Gasteiger partial charge in [0.05, 0.1) is 5.52 Å². The van der Waals surface area contributed by atoms with E-state index in [2.05, 4.69) is 10.3 Å². The summed E-state index contributed by atoms with van der Waals surface area (Å²) in [5.41, 5.74) is 3.11. The van der Waals surface area contributed by atoms with Crippen LogP contribution < -0.4 is 5.32 Å². The summed E-state index contributed by atoms with van der Waals surface area (Å²) in [7, 11) is 0. The van der Waals surface area contributed by atoms with Crippen LogP contribution in [0.5, 0.6) is 0 Å². The van der Waals surface area contributed by atoms with Crippen molar-refractivity contribution in [1.82, 2.24) is 15.2 Å². The Morgan fingerprint density at radius 1 is 1.16 bits per heavy atom. The van der Waals surface area contributed by atoms with E-state index in [1.54, 1.807) is 29.2 Å². The van der Waals surface area contributed by atoms with Crippen molar-refractivity contribution in [2.24, 2.45) is 0 Å². The van der Waals surface area contributed by atoms with E-state index in [0.29, 0.717) is 12.1 Å². The predicted octanol–water partition coefficient (Wildman–Crippen LogP) is 4.64. The molecule has 1 aliphatic rings. The topological polar surface area (TPSA) is 52.0 Å². The number of aromatic nitrogens is 1. The average molecular weight is 428 g/mol. The minimum Gasteiger partial charge on any atom is -0.304 e. The lowest BCUT2D eigenvalue weighted by Gasteiger charge is -2.39. The van der Waals surface area contributed by atoms with Gasteiger partial charge in [0.15, 0.2) is 0 Å². The number of halogens is 4. The Morgan fingerprint density at radius 3 is 2.58 bits per heavy atom. The second-order valence-corrected chi connectivity index (χ2v) is 7.81. The molecule has 0 saturated carbocycles. The molecule has 2 atom stereocenters. The summed E-state index contributed by atoms with van der Waals surface area (Å²) >= 11 is 0. The number of nitriles is 1. The summed E-state index contributed by atoms with van der Waals surface area (Å²) in [6.45, 7) is 2.35. The van der Waals surface area contributed by atoms with Gasteiger partial charge in [-0.2, -0.15) is 18.4 Å². The van der Waals surface area contributed by atoms with Crippen LogP contribution in [0.4, 0.5) is 17.6 Å². The van der Waals surface area contributed by atoms with Crippen molar-refractivity contribution in [2.75, 3.05) is 13.1 Å². The molecule has 1 aromatic heterocycles. The molecular weight excluding hydrogens is 408 g/mol. The number of hydrogen-bond acceptors (Lipinski definition) is 4. The Morgan fingerprint density at radius 2 is 1.90 bits per heavy atom. The first-order valence-electron chi connectivity index (χ1n) is 9.88. The lowest BCUT2D eigenvalue weighted by molar-refractivity contribution is -0.168. The Hall–Kier alpha value is -3.02. The lowest BCUT2D eigenvalue weighted by Crippen LogP contribution is -2.60. The maximum Gasteiger partial charge on any atom is 0.405 e. The largest absolute Gasteiger partial charge is 0.405 e. The molecule has 1 unspecified atom stereocenters. The van der Waals surface area contributed by atoms with E-state index in [-0.39, 0.29) is 30.6 Å². The fraction of sp³-hybridized carbons (Fsp3) is 0.304. The van der Waals surface area contributed by atoms with Gasteiger partial charge in [0, 0.05) is 31.1 Å². The highest BCUT2D eigenvalue weighted by atomic mass is 19.4. The first-order valence-corrected chi connectivity index (χ1v) is 9.88. The zero-order chi connectivity index (χ0) is 22.2. The summed E-state index contributed by atoms with van der Waals surface area (Å²) in [5, 5.41) is 12.7. The third-order valence-corrected chi connectivity index (χ3v) is 5.62. The first-order chi connectivity index (χ1) is 14.7. The molecule has 3 aromatic rings. The molecule has 0 amide bonds. The highest BCUT2D eigenvalue weighted by Gasteiger charge is 2.43. The van der Waals surface area contributed by atoms with Crippen LogP contribution in [0.1, 0.15) is 18.2 Å². The van der Waals surface area contributed by atoms with Gasteiger partial charge in [0.25, 0.3) is 0 Å². The molecule has 0 aliphatic carbocycles. The van der Waals surface area contributed by atoms with Crippen molar-refractivity contribution in [1.29, 1.82) is 5.26 Å². The number of rotatable bonds is 3. The van der Waals surface area contributed by atoms with Crippen LogP contribution in [0, 0.1) is 17.1 Å². The fourth-order valence-corrected chi connectivity index (χ4v) is 3.89. The SMILES string of the molecule is C[C@H]1CNC(C(F)(F)F)CN1Cc1ccc2c(-c3ccc(F)cc3)cc(C#N)nc2c1. The highest BCUT2D eigenvalue weighted by molar-refractivity contribution is 5.95. The Kier molecular flexibility index (Phi) is 5.65. The van der Waals surface area contributed by atoms with Crippen LogP contribution in [0.2, 0.25) is 0 Å². The van der Waals surface area contributed by atoms with Crippen molar-refractivity contribution in [3.05, 3.63) is 65.6 Å². The minimum absolute atomic E-state index is 0.0533. The fourth-order valence-electron chi connectivity index (χ4n) is 3.89. The van der Waals surface area contributed by atoms with E-state index in [1.165, 1.54) is 12.1 Å². The average Bonchev–Trinajstić information content (AvgIpc) is 2.74. The van der Waals surface area contributed by atoms with Gasteiger partial charge in [-0.1, -0.05) is 24.3 Å². The number of hydrogen-bond donors (Lipinski definition) is 1. The van der Waals surface area contributed by atoms with E-state index in [1.807, 2.05) is 25.1 Å². The van der Waals surface area contributed by atoms with Crippen molar-refractivity contribution >= 4 is 10.9 Å². The van der Waals surface area contributed by atoms with Gasteiger partial charge in [0.1, 0.15) is 23.6 Å². The number of fused-ring (bicyclic) bond motifs is 1. The van der Waals surface area contributed by atoms with Gasteiger partial charge >= 0.3 is 6.18 Å². The zero-order valence-corrected chi connectivity index (χ0v) is 16.7. The smallest absolute Gasteiger partial charge is 0.304 e. The highest BCUT2D eigenvalue weighted by Crippen LogP contribution is 2.30. The van der Waals surface area contributed by atoms with Gasteiger partial charge in [-0.05, 0) is 47.9 Å². The molecule has 1 saturated heterocycles. The number of nitrogens with zero attached hydrogens (tertiary/aromatic N) is 3. The Bertz CT molecular complexity index is 1140. The second kappa shape index (κ2) is 8.25. The Labute approximate surface area is 177 Å². The monoisotopic (exact) mass is 428 g/mol. The third-order valence-electron chi connectivity index (χ3n) is 5.62. The van der Waals surface area contributed by atoms with Crippen LogP contribution in [0.15, 0.2) is 48.5 Å². The molecular formula is C23H20F4N4. The van der Waals surface area contributed by atoms with Crippen LogP contribution >= 0.6 is 0 Å². The van der Waals surface area contributed by atoms with Crippen LogP contribution in [0.3, 0.4) is 0 Å². The van der Waals surface area contributed by atoms with Crippen molar-refractivity contribution in [3.63, 3.8) is 0 Å². The summed E-state index contributed by atoms with van der Waals surface area (Å²) in [6, 6.07) is 13.6. The molecule has 0 bridgehead atoms. The molecule has 1 N–H and O–H groups in total. The number of pyridine rings is 1. The van der Waals surface area contributed by atoms with E-state index in [4.69, 9.17) is 0 Å². The summed E-state index contributed by atoms with van der Waals surface area (Å²) < 4.78 is 52.8. The number of piperazine rings is 1. The molecule has 1 fully saturated rings.